The van der Waals surface area contributed by atoms with Gasteiger partial charge in [0.25, 0.3) is 0 Å². The first kappa shape index (κ1) is 29.9. The minimum atomic E-state index is 0.645. The van der Waals surface area contributed by atoms with Gasteiger partial charge in [0.15, 0.2) is 0 Å². The molecule has 3 aromatic rings. The first-order chi connectivity index (χ1) is 19.7. The zero-order chi connectivity index (χ0) is 28.3. The first-order valence-electron chi connectivity index (χ1n) is 15.8. The molecular formula is C37H51N3. The molecule has 1 saturated carbocycles. The molecule has 2 N–H and O–H groups in total. The highest BCUT2D eigenvalue weighted by molar-refractivity contribution is 5.95. The molecule has 40 heavy (non-hydrogen) atoms. The van der Waals surface area contributed by atoms with Crippen molar-refractivity contribution in [2.75, 3.05) is 19.6 Å². The van der Waals surface area contributed by atoms with Crippen molar-refractivity contribution in [3.8, 4) is 0 Å². The van der Waals surface area contributed by atoms with Gasteiger partial charge in [0.2, 0.25) is 0 Å². The smallest absolute Gasteiger partial charge is 0.0375 e. The lowest BCUT2D eigenvalue weighted by Gasteiger charge is -2.46. The van der Waals surface area contributed by atoms with Gasteiger partial charge in [-0.3, -0.25) is 4.90 Å². The molecule has 3 heteroatoms. The minimum absolute atomic E-state index is 0.645. The third-order valence-corrected chi connectivity index (χ3v) is 9.14. The van der Waals surface area contributed by atoms with Crippen LogP contribution in [0.5, 0.6) is 0 Å². The maximum absolute atomic E-state index is 4.70. The van der Waals surface area contributed by atoms with Crippen molar-refractivity contribution in [3.05, 3.63) is 103 Å². The summed E-state index contributed by atoms with van der Waals surface area (Å²) in [6, 6.07) is 25.6. The van der Waals surface area contributed by atoms with E-state index in [0.717, 1.165) is 12.5 Å². The average Bonchev–Trinajstić information content (AvgIpc) is 3.02. The van der Waals surface area contributed by atoms with E-state index in [9.17, 15) is 0 Å². The lowest BCUT2D eigenvalue weighted by molar-refractivity contribution is 0.111. The molecule has 0 bridgehead atoms. The molecule has 3 fully saturated rings. The molecule has 1 aliphatic carbocycles. The highest BCUT2D eigenvalue weighted by atomic mass is 15.2. The maximum atomic E-state index is 4.70. The van der Waals surface area contributed by atoms with Gasteiger partial charge >= 0.3 is 0 Å². The molecule has 0 radical (unpaired) electrons. The first-order valence-corrected chi connectivity index (χ1v) is 15.8. The van der Waals surface area contributed by atoms with Crippen molar-refractivity contribution in [2.24, 2.45) is 11.7 Å². The van der Waals surface area contributed by atoms with Crippen LogP contribution in [-0.2, 0) is 6.54 Å². The van der Waals surface area contributed by atoms with Crippen LogP contribution in [0.2, 0.25) is 0 Å². The molecule has 3 nitrogen and oxygen atoms in total. The molecule has 214 valence electrons. The molecule has 0 amide bonds. The summed E-state index contributed by atoms with van der Waals surface area (Å²) in [6.45, 7) is 16.5. The molecule has 2 aliphatic heterocycles. The molecule has 3 aromatic carbocycles. The molecule has 2 atom stereocenters. The van der Waals surface area contributed by atoms with E-state index in [1.54, 1.807) is 5.56 Å². The van der Waals surface area contributed by atoms with Crippen LogP contribution in [0, 0.1) is 5.92 Å². The van der Waals surface area contributed by atoms with Crippen LogP contribution in [0.1, 0.15) is 87.8 Å². The summed E-state index contributed by atoms with van der Waals surface area (Å²) in [5.41, 5.74) is 10.2. The largest absolute Gasteiger partial charge is 0.405 e. The lowest BCUT2D eigenvalue weighted by atomic mass is 9.77. The summed E-state index contributed by atoms with van der Waals surface area (Å²) in [4.78, 5) is 5.32. The Bertz CT molecular complexity index is 1210. The molecule has 2 saturated heterocycles. The zero-order valence-electron chi connectivity index (χ0n) is 25.0. The van der Waals surface area contributed by atoms with Gasteiger partial charge in [-0.05, 0) is 91.5 Å². The number of piperidine rings is 2. The van der Waals surface area contributed by atoms with Crippen molar-refractivity contribution >= 4 is 16.5 Å². The number of nitrogens with two attached hydrogens (primary N) is 1. The predicted molar refractivity (Wildman–Crippen MR) is 174 cm³/mol. The lowest BCUT2D eigenvalue weighted by Crippen LogP contribution is -2.45. The topological polar surface area (TPSA) is 32.5 Å². The van der Waals surface area contributed by atoms with Crippen LogP contribution in [0.15, 0.2) is 86.1 Å². The van der Waals surface area contributed by atoms with Gasteiger partial charge in [-0.15, -0.1) is 0 Å². The minimum Gasteiger partial charge on any atom is -0.405 e. The molecule has 2 unspecified atom stereocenters. The number of benzene rings is 3. The Hall–Kier alpha value is -3.04. The van der Waals surface area contributed by atoms with E-state index in [2.05, 4.69) is 88.8 Å². The van der Waals surface area contributed by atoms with Gasteiger partial charge in [0, 0.05) is 30.4 Å². The van der Waals surface area contributed by atoms with Crippen molar-refractivity contribution in [3.63, 3.8) is 0 Å². The molecule has 3 aliphatic rings. The van der Waals surface area contributed by atoms with Crippen LogP contribution >= 0.6 is 0 Å². The fraction of sp³-hybridized carbons (Fsp3) is 0.459. The van der Waals surface area contributed by atoms with Crippen LogP contribution in [0.3, 0.4) is 0 Å². The van der Waals surface area contributed by atoms with Gasteiger partial charge in [-0.25, -0.2) is 0 Å². The highest BCUT2D eigenvalue weighted by Crippen LogP contribution is 2.41. The Morgan fingerprint density at radius 3 is 2.15 bits per heavy atom. The van der Waals surface area contributed by atoms with Gasteiger partial charge in [-0.2, -0.15) is 0 Å². The Balaban J connectivity index is 0.000000695. The molecule has 2 heterocycles. The molecule has 6 rings (SSSR count). The molecular weight excluding hydrogens is 486 g/mol. The summed E-state index contributed by atoms with van der Waals surface area (Å²) < 4.78 is 0. The van der Waals surface area contributed by atoms with E-state index in [1.807, 2.05) is 13.8 Å². The Morgan fingerprint density at radius 1 is 0.800 bits per heavy atom. The van der Waals surface area contributed by atoms with E-state index in [0.29, 0.717) is 12.0 Å². The van der Waals surface area contributed by atoms with Gasteiger partial charge in [0.05, 0.1) is 0 Å². The third-order valence-electron chi connectivity index (χ3n) is 9.14. The second-order valence-electron chi connectivity index (χ2n) is 11.4. The van der Waals surface area contributed by atoms with Crippen LogP contribution in [0.4, 0.5) is 0 Å². The number of likely N-dealkylation sites (tertiary alicyclic amines) is 2. The van der Waals surface area contributed by atoms with Crippen LogP contribution < -0.4 is 5.73 Å². The Kier molecular flexibility index (Phi) is 11.3. The number of hydrogen-bond donors (Lipinski definition) is 1. The van der Waals surface area contributed by atoms with Crippen molar-refractivity contribution in [2.45, 2.75) is 83.7 Å². The van der Waals surface area contributed by atoms with E-state index >= 15 is 0 Å². The summed E-state index contributed by atoms with van der Waals surface area (Å²) in [5.74, 6) is 1.52. The molecule has 0 aromatic heterocycles. The highest BCUT2D eigenvalue weighted by Gasteiger charge is 2.34. The van der Waals surface area contributed by atoms with Crippen molar-refractivity contribution in [1.82, 2.24) is 9.80 Å². The normalized spacial score (nSPS) is 21.3. The summed E-state index contributed by atoms with van der Waals surface area (Å²) in [5, 5.41) is 2.85. The van der Waals surface area contributed by atoms with E-state index in [1.165, 1.54) is 105 Å². The van der Waals surface area contributed by atoms with Gasteiger partial charge in [-0.1, -0.05) is 107 Å². The SMILES string of the molecule is C=C(c1ccc(C2CCN(Cc3ccccc3)CC2)c2ccccc12)N1CCCC2CCCCC21.C=CN.CC. The van der Waals surface area contributed by atoms with E-state index in [-0.39, 0.29) is 0 Å². The fourth-order valence-corrected chi connectivity index (χ4v) is 7.29. The van der Waals surface area contributed by atoms with E-state index < -0.39 is 0 Å². The average molecular weight is 538 g/mol. The number of nitrogens with zero attached hydrogens (tertiary/aromatic N) is 2. The van der Waals surface area contributed by atoms with Gasteiger partial charge < -0.3 is 10.6 Å². The Morgan fingerprint density at radius 2 is 1.43 bits per heavy atom. The van der Waals surface area contributed by atoms with Crippen LogP contribution in [0.25, 0.3) is 16.5 Å². The standard InChI is InChI=1S/C33H40N2.C2H5N.C2H6/c1-25(35-21-9-13-28-12-5-8-16-33(28)35)29-17-18-30(32-15-7-6-14-31(29)32)27-19-22-34(23-20-27)24-26-10-3-2-4-11-26;1-2-3;1-2/h2-4,6-7,10-11,14-15,17-18,27-28,33H,1,5,8-9,12-13,16,19-24H2;2H,1,3H2;1-2H3. The molecule has 0 spiro atoms. The number of fused-ring (bicyclic) bond motifs is 2. The number of hydrogen-bond acceptors (Lipinski definition) is 3. The number of rotatable bonds is 5. The van der Waals surface area contributed by atoms with Crippen molar-refractivity contribution in [1.29, 1.82) is 0 Å². The van der Waals surface area contributed by atoms with Crippen molar-refractivity contribution < 1.29 is 0 Å². The fourth-order valence-electron chi connectivity index (χ4n) is 7.29. The quantitative estimate of drug-likeness (QED) is 0.352. The van der Waals surface area contributed by atoms with Crippen LogP contribution in [-0.4, -0.2) is 35.5 Å². The Labute approximate surface area is 243 Å². The second kappa shape index (κ2) is 15.1. The summed E-state index contributed by atoms with van der Waals surface area (Å²) in [6.07, 6.45) is 12.0. The van der Waals surface area contributed by atoms with E-state index in [4.69, 9.17) is 6.58 Å². The second-order valence-corrected chi connectivity index (χ2v) is 11.4. The monoisotopic (exact) mass is 537 g/mol. The summed E-state index contributed by atoms with van der Waals surface area (Å²) >= 11 is 0. The predicted octanol–water partition coefficient (Wildman–Crippen LogP) is 8.96. The third kappa shape index (κ3) is 6.99. The zero-order valence-corrected chi connectivity index (χ0v) is 25.0. The van der Waals surface area contributed by atoms with Gasteiger partial charge in [0.1, 0.15) is 0 Å². The summed E-state index contributed by atoms with van der Waals surface area (Å²) in [7, 11) is 0. The maximum Gasteiger partial charge on any atom is 0.0375 e.